The van der Waals surface area contributed by atoms with Crippen molar-refractivity contribution in [3.05, 3.63) is 35.1 Å². The third-order valence-electron chi connectivity index (χ3n) is 3.71. The lowest BCUT2D eigenvalue weighted by atomic mass is 10.2. The molecule has 0 aliphatic carbocycles. The SMILES string of the molecule is Cc1cc(Oc2ncnc(NCC3CCCO3)c2N)ccc1Cl. The molecule has 1 fully saturated rings. The van der Waals surface area contributed by atoms with Crippen LogP contribution in [-0.2, 0) is 4.74 Å². The highest BCUT2D eigenvalue weighted by atomic mass is 35.5. The number of aromatic nitrogens is 2. The Kier molecular flexibility index (Phi) is 4.83. The van der Waals surface area contributed by atoms with Gasteiger partial charge in [-0.15, -0.1) is 0 Å². The summed E-state index contributed by atoms with van der Waals surface area (Å²) >= 11 is 6.02. The molecule has 122 valence electrons. The number of halogens is 1. The van der Waals surface area contributed by atoms with Crippen LogP contribution in [0.4, 0.5) is 11.5 Å². The van der Waals surface area contributed by atoms with E-state index >= 15 is 0 Å². The van der Waals surface area contributed by atoms with Crippen LogP contribution in [0.3, 0.4) is 0 Å². The van der Waals surface area contributed by atoms with Crippen molar-refractivity contribution in [3.8, 4) is 11.6 Å². The lowest BCUT2D eigenvalue weighted by molar-refractivity contribution is 0.120. The average molecular weight is 335 g/mol. The molecule has 1 aromatic carbocycles. The van der Waals surface area contributed by atoms with E-state index in [9.17, 15) is 0 Å². The Morgan fingerprint density at radius 3 is 3.04 bits per heavy atom. The van der Waals surface area contributed by atoms with Gasteiger partial charge in [0, 0.05) is 18.2 Å². The summed E-state index contributed by atoms with van der Waals surface area (Å²) in [6.07, 6.45) is 3.76. The maximum atomic E-state index is 6.10. The van der Waals surface area contributed by atoms with Gasteiger partial charge < -0.3 is 20.5 Å². The highest BCUT2D eigenvalue weighted by molar-refractivity contribution is 6.31. The molecular weight excluding hydrogens is 316 g/mol. The Balaban J connectivity index is 1.71. The topological polar surface area (TPSA) is 82.3 Å². The molecule has 1 unspecified atom stereocenters. The fourth-order valence-corrected chi connectivity index (χ4v) is 2.53. The van der Waals surface area contributed by atoms with Crippen LogP contribution in [0.15, 0.2) is 24.5 Å². The molecule has 0 radical (unpaired) electrons. The van der Waals surface area contributed by atoms with Crippen LogP contribution in [0, 0.1) is 6.92 Å². The lowest BCUT2D eigenvalue weighted by Gasteiger charge is -2.14. The molecule has 0 amide bonds. The molecule has 7 heteroatoms. The monoisotopic (exact) mass is 334 g/mol. The van der Waals surface area contributed by atoms with E-state index in [-0.39, 0.29) is 6.10 Å². The van der Waals surface area contributed by atoms with Gasteiger partial charge in [0.05, 0.1) is 6.10 Å². The van der Waals surface area contributed by atoms with Crippen molar-refractivity contribution in [2.24, 2.45) is 0 Å². The van der Waals surface area contributed by atoms with Crippen LogP contribution < -0.4 is 15.8 Å². The zero-order chi connectivity index (χ0) is 16.2. The van der Waals surface area contributed by atoms with Gasteiger partial charge in [-0.25, -0.2) is 4.98 Å². The van der Waals surface area contributed by atoms with Crippen LogP contribution in [0.5, 0.6) is 11.6 Å². The Labute approximate surface area is 140 Å². The van der Waals surface area contributed by atoms with E-state index in [1.807, 2.05) is 13.0 Å². The number of nitrogen functional groups attached to an aromatic ring is 1. The number of rotatable bonds is 5. The van der Waals surface area contributed by atoms with Crippen molar-refractivity contribution in [2.45, 2.75) is 25.9 Å². The molecule has 23 heavy (non-hydrogen) atoms. The number of benzene rings is 1. The van der Waals surface area contributed by atoms with E-state index in [0.29, 0.717) is 34.7 Å². The lowest BCUT2D eigenvalue weighted by Crippen LogP contribution is -2.19. The smallest absolute Gasteiger partial charge is 0.248 e. The Bertz CT molecular complexity index is 690. The van der Waals surface area contributed by atoms with Crippen molar-refractivity contribution in [3.63, 3.8) is 0 Å². The minimum Gasteiger partial charge on any atom is -0.437 e. The van der Waals surface area contributed by atoms with E-state index in [4.69, 9.17) is 26.8 Å². The fourth-order valence-electron chi connectivity index (χ4n) is 2.41. The zero-order valence-electron chi connectivity index (χ0n) is 12.9. The second-order valence-corrected chi connectivity index (χ2v) is 5.88. The second kappa shape index (κ2) is 7.02. The second-order valence-electron chi connectivity index (χ2n) is 5.47. The van der Waals surface area contributed by atoms with Crippen molar-refractivity contribution < 1.29 is 9.47 Å². The molecule has 2 heterocycles. The fraction of sp³-hybridized carbons (Fsp3) is 0.375. The molecule has 1 atom stereocenters. The zero-order valence-corrected chi connectivity index (χ0v) is 13.6. The van der Waals surface area contributed by atoms with E-state index in [1.165, 1.54) is 6.33 Å². The maximum absolute atomic E-state index is 6.10. The van der Waals surface area contributed by atoms with Crippen molar-refractivity contribution in [1.82, 2.24) is 9.97 Å². The van der Waals surface area contributed by atoms with Crippen molar-refractivity contribution >= 4 is 23.1 Å². The molecule has 3 N–H and O–H groups in total. The van der Waals surface area contributed by atoms with Crippen LogP contribution >= 0.6 is 11.6 Å². The first-order valence-corrected chi connectivity index (χ1v) is 7.91. The number of anilines is 2. The summed E-state index contributed by atoms with van der Waals surface area (Å²) < 4.78 is 11.3. The van der Waals surface area contributed by atoms with E-state index in [2.05, 4.69) is 15.3 Å². The Morgan fingerprint density at radius 1 is 1.43 bits per heavy atom. The quantitative estimate of drug-likeness (QED) is 0.872. The molecule has 0 spiro atoms. The number of nitrogens with two attached hydrogens (primary N) is 1. The highest BCUT2D eigenvalue weighted by Crippen LogP contribution is 2.31. The van der Waals surface area contributed by atoms with Gasteiger partial charge in [0.2, 0.25) is 5.88 Å². The van der Waals surface area contributed by atoms with Crippen LogP contribution in [0.2, 0.25) is 5.02 Å². The van der Waals surface area contributed by atoms with Crippen LogP contribution in [0.25, 0.3) is 0 Å². The minimum absolute atomic E-state index is 0.202. The summed E-state index contributed by atoms with van der Waals surface area (Å²) in [5, 5.41) is 3.89. The summed E-state index contributed by atoms with van der Waals surface area (Å²) in [6, 6.07) is 5.39. The molecule has 0 saturated carbocycles. The minimum atomic E-state index is 0.202. The molecule has 1 aliphatic heterocycles. The largest absolute Gasteiger partial charge is 0.437 e. The summed E-state index contributed by atoms with van der Waals surface area (Å²) in [6.45, 7) is 3.39. The first-order chi connectivity index (χ1) is 11.1. The summed E-state index contributed by atoms with van der Waals surface area (Å²) in [7, 11) is 0. The number of ether oxygens (including phenoxy) is 2. The number of hydrogen-bond acceptors (Lipinski definition) is 6. The third-order valence-corrected chi connectivity index (χ3v) is 4.14. The normalized spacial score (nSPS) is 17.2. The summed E-state index contributed by atoms with van der Waals surface area (Å²) in [5.74, 6) is 1.50. The van der Waals surface area contributed by atoms with Gasteiger partial charge in [-0.2, -0.15) is 4.98 Å². The molecule has 1 aromatic heterocycles. The van der Waals surface area contributed by atoms with Crippen LogP contribution in [-0.4, -0.2) is 29.2 Å². The van der Waals surface area contributed by atoms with Gasteiger partial charge in [0.1, 0.15) is 17.8 Å². The summed E-state index contributed by atoms with van der Waals surface area (Å²) in [5.41, 5.74) is 7.40. The standard InChI is InChI=1S/C16H19ClN4O2/c1-10-7-11(4-5-13(10)17)23-16-14(18)15(20-9-21-16)19-8-12-3-2-6-22-12/h4-5,7,9,12H,2-3,6,8,18H2,1H3,(H,19,20,21). The molecule has 3 rings (SSSR count). The number of aryl methyl sites for hydroxylation is 1. The van der Waals surface area contributed by atoms with E-state index in [1.54, 1.807) is 12.1 Å². The molecule has 2 aromatic rings. The molecule has 6 nitrogen and oxygen atoms in total. The van der Waals surface area contributed by atoms with E-state index in [0.717, 1.165) is 25.0 Å². The van der Waals surface area contributed by atoms with Gasteiger partial charge in [-0.05, 0) is 43.5 Å². The first-order valence-electron chi connectivity index (χ1n) is 7.53. The van der Waals surface area contributed by atoms with Crippen molar-refractivity contribution in [2.75, 3.05) is 24.2 Å². The van der Waals surface area contributed by atoms with Crippen molar-refractivity contribution in [1.29, 1.82) is 0 Å². The van der Waals surface area contributed by atoms with Gasteiger partial charge in [0.15, 0.2) is 5.82 Å². The Hall–Kier alpha value is -2.05. The van der Waals surface area contributed by atoms with Gasteiger partial charge in [-0.1, -0.05) is 11.6 Å². The van der Waals surface area contributed by atoms with Crippen LogP contribution in [0.1, 0.15) is 18.4 Å². The number of nitrogens with zero attached hydrogens (tertiary/aromatic N) is 2. The predicted octanol–water partition coefficient (Wildman–Crippen LogP) is 3.40. The predicted molar refractivity (Wildman–Crippen MR) is 90.2 cm³/mol. The van der Waals surface area contributed by atoms with Gasteiger partial charge in [0.25, 0.3) is 0 Å². The molecule has 0 bridgehead atoms. The van der Waals surface area contributed by atoms with Gasteiger partial charge in [-0.3, -0.25) is 0 Å². The molecule has 1 aliphatic rings. The molecular formula is C16H19ClN4O2. The Morgan fingerprint density at radius 2 is 2.30 bits per heavy atom. The highest BCUT2D eigenvalue weighted by Gasteiger charge is 2.17. The molecule has 1 saturated heterocycles. The van der Waals surface area contributed by atoms with E-state index < -0.39 is 0 Å². The maximum Gasteiger partial charge on any atom is 0.248 e. The third kappa shape index (κ3) is 3.83. The first kappa shape index (κ1) is 15.8. The average Bonchev–Trinajstić information content (AvgIpc) is 3.05. The van der Waals surface area contributed by atoms with Gasteiger partial charge >= 0.3 is 0 Å². The summed E-state index contributed by atoms with van der Waals surface area (Å²) in [4.78, 5) is 8.27. The number of nitrogens with one attached hydrogen (secondary N) is 1. The number of hydrogen-bond donors (Lipinski definition) is 2.